The van der Waals surface area contributed by atoms with Crippen molar-refractivity contribution in [3.63, 3.8) is 0 Å². The first kappa shape index (κ1) is 11.5. The van der Waals surface area contributed by atoms with Gasteiger partial charge in [-0.25, -0.2) is 0 Å². The molecule has 0 aliphatic heterocycles. The van der Waals surface area contributed by atoms with Crippen LogP contribution >= 0.6 is 11.3 Å². The third-order valence-corrected chi connectivity index (χ3v) is 2.99. The Bertz CT molecular complexity index is 562. The highest BCUT2D eigenvalue weighted by atomic mass is 32.1. The molecule has 17 heavy (non-hydrogen) atoms. The van der Waals surface area contributed by atoms with Crippen molar-refractivity contribution in [2.24, 2.45) is 4.99 Å². The van der Waals surface area contributed by atoms with E-state index in [4.69, 9.17) is 0 Å². The topological polar surface area (TPSA) is 55.5 Å². The molecule has 1 aromatic heterocycles. The van der Waals surface area contributed by atoms with Crippen molar-refractivity contribution < 1.29 is 4.92 Å². The molecule has 0 saturated carbocycles. The van der Waals surface area contributed by atoms with E-state index >= 15 is 0 Å². The summed E-state index contributed by atoms with van der Waals surface area (Å²) in [6.07, 6.45) is 1.75. The second-order valence-corrected chi connectivity index (χ2v) is 4.32. The summed E-state index contributed by atoms with van der Waals surface area (Å²) >= 11 is 1.60. The van der Waals surface area contributed by atoms with Gasteiger partial charge < -0.3 is 0 Å². The number of benzene rings is 1. The number of nitrogens with zero attached hydrogens (tertiary/aromatic N) is 2. The average Bonchev–Trinajstić information content (AvgIpc) is 2.80. The van der Waals surface area contributed by atoms with Gasteiger partial charge >= 0.3 is 0 Å². The third kappa shape index (κ3) is 2.76. The summed E-state index contributed by atoms with van der Waals surface area (Å²) in [4.78, 5) is 14.5. The molecule has 0 aliphatic rings. The molecule has 0 aliphatic carbocycles. The zero-order chi connectivity index (χ0) is 12.3. The number of hydrogen-bond donors (Lipinski definition) is 0. The summed E-state index contributed by atoms with van der Waals surface area (Å²) < 4.78 is 0. The lowest BCUT2D eigenvalue weighted by Crippen LogP contribution is -1.88. The largest absolute Gasteiger partial charge is 0.269 e. The van der Waals surface area contributed by atoms with E-state index in [2.05, 4.69) is 4.99 Å². The molecular formula is C12H10N2O2S. The number of aliphatic imine (C=N–C) groups is 1. The smallest absolute Gasteiger partial charge is 0.258 e. The second-order valence-electron chi connectivity index (χ2n) is 3.54. The van der Waals surface area contributed by atoms with Crippen LogP contribution in [-0.2, 0) is 0 Å². The lowest BCUT2D eigenvalue weighted by molar-refractivity contribution is -0.384. The van der Waals surface area contributed by atoms with E-state index in [0.717, 1.165) is 16.8 Å². The minimum absolute atomic E-state index is 0.0944. The SMILES string of the molecule is Cc1cc([N+](=O)[O-])ccc1N=Cc1ccsc1. The Morgan fingerprint density at radius 2 is 2.24 bits per heavy atom. The van der Waals surface area contributed by atoms with Crippen LogP contribution in [0.25, 0.3) is 0 Å². The maximum absolute atomic E-state index is 10.6. The summed E-state index contributed by atoms with van der Waals surface area (Å²) in [5, 5.41) is 14.5. The maximum atomic E-state index is 10.6. The fraction of sp³-hybridized carbons (Fsp3) is 0.0833. The van der Waals surface area contributed by atoms with Gasteiger partial charge in [0.05, 0.1) is 10.6 Å². The summed E-state index contributed by atoms with van der Waals surface area (Å²) in [5.74, 6) is 0. The number of nitro benzene ring substituents is 1. The first-order chi connectivity index (χ1) is 8.16. The Balaban J connectivity index is 2.25. The Hall–Kier alpha value is -2.01. The maximum Gasteiger partial charge on any atom is 0.269 e. The van der Waals surface area contributed by atoms with Crippen LogP contribution in [0.4, 0.5) is 11.4 Å². The highest BCUT2D eigenvalue weighted by Crippen LogP contribution is 2.23. The molecule has 0 radical (unpaired) electrons. The van der Waals surface area contributed by atoms with E-state index in [1.807, 2.05) is 23.8 Å². The molecule has 0 unspecified atom stereocenters. The van der Waals surface area contributed by atoms with E-state index in [9.17, 15) is 10.1 Å². The van der Waals surface area contributed by atoms with Crippen LogP contribution in [0.1, 0.15) is 11.1 Å². The van der Waals surface area contributed by atoms with Gasteiger partial charge in [0.2, 0.25) is 0 Å². The van der Waals surface area contributed by atoms with Crippen molar-refractivity contribution >= 4 is 28.9 Å². The number of rotatable bonds is 3. The van der Waals surface area contributed by atoms with Crippen LogP contribution in [0.3, 0.4) is 0 Å². The summed E-state index contributed by atoms with van der Waals surface area (Å²) in [6, 6.07) is 6.62. The molecule has 1 heterocycles. The second kappa shape index (κ2) is 4.88. The number of thiophene rings is 1. The van der Waals surface area contributed by atoms with E-state index in [-0.39, 0.29) is 5.69 Å². The molecule has 86 valence electrons. The van der Waals surface area contributed by atoms with E-state index in [0.29, 0.717) is 0 Å². The van der Waals surface area contributed by atoms with Crippen LogP contribution in [0, 0.1) is 17.0 Å². The van der Waals surface area contributed by atoms with Crippen molar-refractivity contribution in [3.8, 4) is 0 Å². The molecule has 0 atom stereocenters. The third-order valence-electron chi connectivity index (χ3n) is 2.29. The average molecular weight is 246 g/mol. The van der Waals surface area contributed by atoms with Gasteiger partial charge in [-0.15, -0.1) is 0 Å². The van der Waals surface area contributed by atoms with Crippen molar-refractivity contribution in [2.45, 2.75) is 6.92 Å². The molecule has 0 bridgehead atoms. The Morgan fingerprint density at radius 1 is 1.41 bits per heavy atom. The predicted octanol–water partition coefficient (Wildman–Crippen LogP) is 3.72. The van der Waals surface area contributed by atoms with Gasteiger partial charge in [0.15, 0.2) is 0 Å². The Kier molecular flexibility index (Phi) is 3.30. The van der Waals surface area contributed by atoms with Crippen LogP contribution in [0.15, 0.2) is 40.0 Å². The molecule has 2 aromatic rings. The van der Waals surface area contributed by atoms with Crippen LogP contribution in [0.2, 0.25) is 0 Å². The van der Waals surface area contributed by atoms with Gasteiger partial charge in [-0.3, -0.25) is 15.1 Å². The molecule has 0 fully saturated rings. The summed E-state index contributed by atoms with van der Waals surface area (Å²) in [5.41, 5.74) is 2.68. The fourth-order valence-electron chi connectivity index (χ4n) is 1.39. The van der Waals surface area contributed by atoms with Crippen molar-refractivity contribution in [3.05, 3.63) is 56.3 Å². The molecule has 0 amide bonds. The van der Waals surface area contributed by atoms with Crippen LogP contribution in [0.5, 0.6) is 0 Å². The molecule has 0 N–H and O–H groups in total. The lowest BCUT2D eigenvalue weighted by Gasteiger charge is -1.99. The molecule has 2 rings (SSSR count). The minimum atomic E-state index is -0.403. The van der Waals surface area contributed by atoms with Gasteiger partial charge in [0.25, 0.3) is 5.69 Å². The highest BCUT2D eigenvalue weighted by Gasteiger charge is 2.06. The molecule has 1 aromatic carbocycles. The zero-order valence-corrected chi connectivity index (χ0v) is 9.98. The number of nitro groups is 1. The predicted molar refractivity (Wildman–Crippen MR) is 69.4 cm³/mol. The zero-order valence-electron chi connectivity index (χ0n) is 9.16. The fourth-order valence-corrected chi connectivity index (χ4v) is 2.00. The van der Waals surface area contributed by atoms with Crippen molar-refractivity contribution in [1.82, 2.24) is 0 Å². The lowest BCUT2D eigenvalue weighted by atomic mass is 10.2. The van der Waals surface area contributed by atoms with E-state index < -0.39 is 4.92 Å². The minimum Gasteiger partial charge on any atom is -0.258 e. The number of non-ortho nitro benzene ring substituents is 1. The van der Waals surface area contributed by atoms with E-state index in [1.54, 1.807) is 23.6 Å². The monoisotopic (exact) mass is 246 g/mol. The van der Waals surface area contributed by atoms with Gasteiger partial charge in [-0.1, -0.05) is 0 Å². The van der Waals surface area contributed by atoms with Crippen LogP contribution in [-0.4, -0.2) is 11.1 Å². The van der Waals surface area contributed by atoms with Gasteiger partial charge in [0.1, 0.15) is 0 Å². The van der Waals surface area contributed by atoms with E-state index in [1.165, 1.54) is 12.1 Å². The summed E-state index contributed by atoms with van der Waals surface area (Å²) in [7, 11) is 0. The first-order valence-electron chi connectivity index (χ1n) is 4.98. The van der Waals surface area contributed by atoms with Gasteiger partial charge in [-0.05, 0) is 35.4 Å². The number of aryl methyl sites for hydroxylation is 1. The van der Waals surface area contributed by atoms with Gasteiger partial charge in [-0.2, -0.15) is 11.3 Å². The van der Waals surface area contributed by atoms with Crippen molar-refractivity contribution in [1.29, 1.82) is 0 Å². The number of hydrogen-bond acceptors (Lipinski definition) is 4. The first-order valence-corrected chi connectivity index (χ1v) is 5.92. The standard InChI is InChI=1S/C12H10N2O2S/c1-9-6-11(14(15)16)2-3-12(9)13-7-10-4-5-17-8-10/h2-8H,1H3. The summed E-state index contributed by atoms with van der Waals surface area (Å²) in [6.45, 7) is 1.81. The quantitative estimate of drug-likeness (QED) is 0.471. The molecule has 4 nitrogen and oxygen atoms in total. The molecule has 5 heteroatoms. The Morgan fingerprint density at radius 3 is 2.82 bits per heavy atom. The normalized spacial score (nSPS) is 10.9. The van der Waals surface area contributed by atoms with Crippen molar-refractivity contribution in [2.75, 3.05) is 0 Å². The van der Waals surface area contributed by atoms with Crippen LogP contribution < -0.4 is 0 Å². The molecule has 0 saturated heterocycles. The Labute approximate surface area is 102 Å². The molecule has 0 spiro atoms. The highest BCUT2D eigenvalue weighted by molar-refractivity contribution is 7.08. The molecular weight excluding hydrogens is 236 g/mol. The van der Waals surface area contributed by atoms with Gasteiger partial charge in [0, 0.05) is 23.9 Å².